The molecule has 1 amide bonds. The predicted octanol–water partition coefficient (Wildman–Crippen LogP) is 2.91. The zero-order chi connectivity index (χ0) is 18.6. The van der Waals surface area contributed by atoms with Crippen molar-refractivity contribution >= 4 is 16.9 Å². The second kappa shape index (κ2) is 7.88. The number of hydrogen-bond acceptors (Lipinski definition) is 4. The van der Waals surface area contributed by atoms with Gasteiger partial charge in [-0.25, -0.2) is 9.97 Å². The van der Waals surface area contributed by atoms with Crippen LogP contribution in [0.1, 0.15) is 31.2 Å². The van der Waals surface area contributed by atoms with Crippen molar-refractivity contribution in [3.8, 4) is 5.82 Å². The predicted molar refractivity (Wildman–Crippen MR) is 106 cm³/mol. The first-order valence-electron chi connectivity index (χ1n) is 9.58. The van der Waals surface area contributed by atoms with E-state index in [0.29, 0.717) is 6.54 Å². The highest BCUT2D eigenvalue weighted by Gasteiger charge is 2.24. The minimum absolute atomic E-state index is 0.0401. The Morgan fingerprint density at radius 1 is 1.15 bits per heavy atom. The average molecular weight is 363 g/mol. The summed E-state index contributed by atoms with van der Waals surface area (Å²) in [6.07, 6.45) is 7.97. The van der Waals surface area contributed by atoms with Crippen LogP contribution in [0, 0.1) is 0 Å². The Hall–Kier alpha value is -2.73. The van der Waals surface area contributed by atoms with Gasteiger partial charge in [0, 0.05) is 18.3 Å². The molecule has 6 nitrogen and oxygen atoms in total. The number of nitrogens with one attached hydrogen (secondary N) is 1. The van der Waals surface area contributed by atoms with Crippen molar-refractivity contribution in [1.82, 2.24) is 24.8 Å². The van der Waals surface area contributed by atoms with Gasteiger partial charge in [0.1, 0.15) is 12.1 Å². The van der Waals surface area contributed by atoms with Crippen molar-refractivity contribution in [3.63, 3.8) is 0 Å². The van der Waals surface area contributed by atoms with Gasteiger partial charge in [0.25, 0.3) is 0 Å². The molecule has 0 saturated carbocycles. The summed E-state index contributed by atoms with van der Waals surface area (Å²) >= 11 is 0. The van der Waals surface area contributed by atoms with Crippen LogP contribution in [0.15, 0.2) is 48.9 Å². The third kappa shape index (κ3) is 3.71. The number of likely N-dealkylation sites (N-methyl/N-ethyl adjacent to an activating group) is 1. The van der Waals surface area contributed by atoms with E-state index in [4.69, 9.17) is 0 Å². The van der Waals surface area contributed by atoms with Crippen LogP contribution in [-0.4, -0.2) is 45.0 Å². The molecular formula is C21H25N5O. The number of fused-ring (bicyclic) bond motifs is 1. The maximum atomic E-state index is 12.8. The number of amides is 1. The van der Waals surface area contributed by atoms with Crippen molar-refractivity contribution in [2.45, 2.75) is 38.3 Å². The van der Waals surface area contributed by atoms with Gasteiger partial charge in [0.05, 0.1) is 17.1 Å². The molecule has 0 aliphatic carbocycles. The minimum atomic E-state index is -0.0401. The molecule has 1 fully saturated rings. The van der Waals surface area contributed by atoms with Crippen molar-refractivity contribution in [2.75, 3.05) is 13.6 Å². The van der Waals surface area contributed by atoms with E-state index in [1.807, 2.05) is 48.0 Å². The molecule has 1 N–H and O–H groups in total. The van der Waals surface area contributed by atoms with Crippen LogP contribution in [0.2, 0.25) is 0 Å². The summed E-state index contributed by atoms with van der Waals surface area (Å²) in [5, 5.41) is 3.12. The molecule has 0 spiro atoms. The van der Waals surface area contributed by atoms with E-state index < -0.39 is 0 Å². The van der Waals surface area contributed by atoms with Gasteiger partial charge >= 0.3 is 0 Å². The number of aromatic nitrogens is 3. The van der Waals surface area contributed by atoms with Gasteiger partial charge in [-0.15, -0.1) is 0 Å². The van der Waals surface area contributed by atoms with Gasteiger partial charge in [-0.2, -0.15) is 0 Å². The summed E-state index contributed by atoms with van der Waals surface area (Å²) in [7, 11) is 2.04. The van der Waals surface area contributed by atoms with Gasteiger partial charge in [0.2, 0.25) is 5.91 Å². The topological polar surface area (TPSA) is 63.1 Å². The highest BCUT2D eigenvalue weighted by Crippen LogP contribution is 2.20. The molecule has 27 heavy (non-hydrogen) atoms. The number of carbonyl (C=O) groups is 1. The number of rotatable bonds is 4. The summed E-state index contributed by atoms with van der Waals surface area (Å²) < 4.78 is 1.98. The number of likely N-dealkylation sites (tertiary alicyclic amines) is 1. The fraction of sp³-hybridized carbons (Fsp3) is 0.381. The van der Waals surface area contributed by atoms with Gasteiger partial charge in [-0.1, -0.05) is 31.0 Å². The van der Waals surface area contributed by atoms with Crippen LogP contribution in [-0.2, 0) is 11.3 Å². The largest absolute Gasteiger partial charge is 0.351 e. The monoisotopic (exact) mass is 363 g/mol. The molecule has 1 aliphatic heterocycles. The average Bonchev–Trinajstić information content (AvgIpc) is 3.01. The van der Waals surface area contributed by atoms with E-state index in [2.05, 4.69) is 20.2 Å². The van der Waals surface area contributed by atoms with Gasteiger partial charge in [0.15, 0.2) is 0 Å². The number of nitrogens with zero attached hydrogens (tertiary/aromatic N) is 4. The van der Waals surface area contributed by atoms with Crippen molar-refractivity contribution < 1.29 is 4.79 Å². The van der Waals surface area contributed by atoms with Gasteiger partial charge < -0.3 is 5.32 Å². The van der Waals surface area contributed by atoms with E-state index in [1.54, 1.807) is 12.5 Å². The fourth-order valence-electron chi connectivity index (χ4n) is 3.80. The fourth-order valence-corrected chi connectivity index (χ4v) is 3.80. The van der Waals surface area contributed by atoms with E-state index in [1.165, 1.54) is 12.8 Å². The number of para-hydroxylation sites is 2. The molecule has 1 atom stereocenters. The second-order valence-corrected chi connectivity index (χ2v) is 7.15. The zero-order valence-electron chi connectivity index (χ0n) is 15.6. The first-order chi connectivity index (χ1) is 13.2. The SMILES string of the molecule is CN1CCCCC[C@@H]1C(=O)NCc1cccnc1-n1cnc2ccccc21. The van der Waals surface area contributed by atoms with Crippen LogP contribution < -0.4 is 5.32 Å². The third-order valence-electron chi connectivity index (χ3n) is 5.33. The maximum Gasteiger partial charge on any atom is 0.237 e. The Morgan fingerprint density at radius 3 is 2.96 bits per heavy atom. The molecule has 1 saturated heterocycles. The standard InChI is InChI=1S/C21H25N5O/c1-25-13-6-2-3-11-19(25)21(27)23-14-16-8-7-12-22-20(16)26-15-24-17-9-4-5-10-18(17)26/h4-5,7-10,12,15,19H,2-3,6,11,13-14H2,1H3,(H,23,27)/t19-/m1/s1. The number of hydrogen-bond donors (Lipinski definition) is 1. The van der Waals surface area contributed by atoms with Crippen LogP contribution in [0.3, 0.4) is 0 Å². The lowest BCUT2D eigenvalue weighted by Gasteiger charge is -2.24. The molecule has 140 valence electrons. The Kier molecular flexibility index (Phi) is 5.16. The van der Waals surface area contributed by atoms with Crippen LogP contribution in [0.25, 0.3) is 16.9 Å². The smallest absolute Gasteiger partial charge is 0.237 e. The summed E-state index contributed by atoms with van der Waals surface area (Å²) in [6, 6.07) is 11.9. The highest BCUT2D eigenvalue weighted by atomic mass is 16.2. The first kappa shape index (κ1) is 17.7. The van der Waals surface area contributed by atoms with Crippen LogP contribution in [0.4, 0.5) is 0 Å². The Balaban J connectivity index is 1.54. The molecule has 3 heterocycles. The third-order valence-corrected chi connectivity index (χ3v) is 5.33. The summed E-state index contributed by atoms with van der Waals surface area (Å²) in [5.74, 6) is 0.908. The molecule has 0 unspecified atom stereocenters. The van der Waals surface area contributed by atoms with Gasteiger partial charge in [-0.05, 0) is 44.6 Å². The highest BCUT2D eigenvalue weighted by molar-refractivity contribution is 5.82. The maximum absolute atomic E-state index is 12.8. The van der Waals surface area contributed by atoms with E-state index in [9.17, 15) is 4.79 Å². The molecular weight excluding hydrogens is 338 g/mol. The summed E-state index contributed by atoms with van der Waals surface area (Å²) in [4.78, 5) is 23.9. The van der Waals surface area contributed by atoms with E-state index in [0.717, 1.165) is 41.8 Å². The number of carbonyl (C=O) groups excluding carboxylic acids is 1. The molecule has 4 rings (SSSR count). The molecule has 1 aliphatic rings. The molecule has 0 bridgehead atoms. The molecule has 2 aromatic heterocycles. The van der Waals surface area contributed by atoms with Crippen molar-refractivity contribution in [2.24, 2.45) is 0 Å². The lowest BCUT2D eigenvalue weighted by atomic mass is 10.1. The minimum Gasteiger partial charge on any atom is -0.351 e. The number of benzene rings is 1. The Morgan fingerprint density at radius 2 is 2.04 bits per heavy atom. The first-order valence-corrected chi connectivity index (χ1v) is 9.58. The zero-order valence-corrected chi connectivity index (χ0v) is 15.6. The van der Waals surface area contributed by atoms with E-state index >= 15 is 0 Å². The molecule has 3 aromatic rings. The van der Waals surface area contributed by atoms with Crippen molar-refractivity contribution in [1.29, 1.82) is 0 Å². The lowest BCUT2D eigenvalue weighted by molar-refractivity contribution is -0.126. The molecule has 6 heteroatoms. The van der Waals surface area contributed by atoms with Gasteiger partial charge in [-0.3, -0.25) is 14.3 Å². The Labute approximate surface area is 159 Å². The quantitative estimate of drug-likeness (QED) is 0.774. The van der Waals surface area contributed by atoms with Crippen LogP contribution in [0.5, 0.6) is 0 Å². The van der Waals surface area contributed by atoms with Crippen LogP contribution >= 0.6 is 0 Å². The summed E-state index contributed by atoms with van der Waals surface area (Å²) in [6.45, 7) is 1.44. The van der Waals surface area contributed by atoms with Crippen molar-refractivity contribution in [3.05, 3.63) is 54.5 Å². The summed E-state index contributed by atoms with van der Waals surface area (Å²) in [5.41, 5.74) is 2.91. The number of pyridine rings is 1. The van der Waals surface area contributed by atoms with E-state index in [-0.39, 0.29) is 11.9 Å². The Bertz CT molecular complexity index is 935. The lowest BCUT2D eigenvalue weighted by Crippen LogP contribution is -2.44. The molecule has 0 radical (unpaired) electrons. The number of imidazole rings is 1. The molecule has 1 aromatic carbocycles. The normalized spacial score (nSPS) is 18.3. The second-order valence-electron chi connectivity index (χ2n) is 7.15.